The Balaban J connectivity index is 1.98. The number of hydrogen-bond donors (Lipinski definition) is 1. The lowest BCUT2D eigenvalue weighted by Crippen LogP contribution is -2.17. The molecule has 0 saturated carbocycles. The minimum absolute atomic E-state index is 0.294. The average Bonchev–Trinajstić information content (AvgIpc) is 2.72. The maximum Gasteiger partial charge on any atom is 0.0409 e. The van der Waals surface area contributed by atoms with Crippen molar-refractivity contribution in [3.63, 3.8) is 0 Å². The van der Waals surface area contributed by atoms with E-state index in [0.29, 0.717) is 6.04 Å². The molecule has 1 atom stereocenters. The lowest BCUT2D eigenvalue weighted by molar-refractivity contribution is 0.578. The van der Waals surface area contributed by atoms with Gasteiger partial charge in [-0.25, -0.2) is 0 Å². The number of benzene rings is 1. The van der Waals surface area contributed by atoms with Crippen LogP contribution in [0.2, 0.25) is 5.02 Å². The molecule has 0 spiro atoms. The molecule has 1 nitrogen and oxygen atoms in total. The number of halogens is 2. The molecule has 0 bridgehead atoms. The molecular weight excluding hydrogens is 318 g/mol. The molecule has 0 unspecified atom stereocenters. The number of hydrogen-bond acceptors (Lipinski definition) is 2. The van der Waals surface area contributed by atoms with Crippen LogP contribution in [0.4, 0.5) is 0 Å². The summed E-state index contributed by atoms with van der Waals surface area (Å²) in [5.74, 6) is 0. The minimum Gasteiger partial charge on any atom is -0.305 e. The molecular formula is C13H13BrClNS. The molecule has 90 valence electrons. The Bertz CT molecular complexity index is 498. The summed E-state index contributed by atoms with van der Waals surface area (Å²) in [7, 11) is 0. The predicted molar refractivity (Wildman–Crippen MR) is 78.7 cm³/mol. The Kier molecular flexibility index (Phi) is 4.62. The molecule has 1 heterocycles. The van der Waals surface area contributed by atoms with Crippen molar-refractivity contribution >= 4 is 38.9 Å². The second kappa shape index (κ2) is 6.01. The third kappa shape index (κ3) is 3.55. The smallest absolute Gasteiger partial charge is 0.0409 e. The molecule has 1 N–H and O–H groups in total. The summed E-state index contributed by atoms with van der Waals surface area (Å²) in [6, 6.07) is 10.3. The zero-order chi connectivity index (χ0) is 12.3. The van der Waals surface area contributed by atoms with Gasteiger partial charge in [-0.15, -0.1) is 11.3 Å². The highest BCUT2D eigenvalue weighted by molar-refractivity contribution is 9.10. The van der Waals surface area contributed by atoms with Crippen LogP contribution < -0.4 is 5.32 Å². The Morgan fingerprint density at radius 1 is 1.41 bits per heavy atom. The van der Waals surface area contributed by atoms with Gasteiger partial charge in [0, 0.05) is 27.0 Å². The van der Waals surface area contributed by atoms with Gasteiger partial charge in [-0.2, -0.15) is 0 Å². The highest BCUT2D eigenvalue weighted by Crippen LogP contribution is 2.24. The van der Waals surface area contributed by atoms with Crippen LogP contribution in [0.3, 0.4) is 0 Å². The first-order valence-corrected chi connectivity index (χ1v) is 7.42. The summed E-state index contributed by atoms with van der Waals surface area (Å²) in [6.07, 6.45) is 0. The van der Waals surface area contributed by atoms with E-state index in [4.69, 9.17) is 11.6 Å². The monoisotopic (exact) mass is 329 g/mol. The lowest BCUT2D eigenvalue weighted by Gasteiger charge is -2.14. The normalized spacial score (nSPS) is 12.6. The summed E-state index contributed by atoms with van der Waals surface area (Å²) in [5.41, 5.74) is 1.21. The molecule has 0 aliphatic carbocycles. The molecule has 1 aromatic carbocycles. The van der Waals surface area contributed by atoms with Crippen LogP contribution in [0.15, 0.2) is 40.2 Å². The standard InChI is InChI=1S/C13H13BrClNS/c1-9(10-3-2-4-11(15)7-10)16-8-13-12(14)5-6-17-13/h2-7,9,16H,8H2,1H3/t9-/m1/s1. The molecule has 0 aliphatic heterocycles. The second-order valence-corrected chi connectivity index (χ2v) is 6.14. The first-order chi connectivity index (χ1) is 8.16. The van der Waals surface area contributed by atoms with E-state index in [1.54, 1.807) is 11.3 Å². The summed E-state index contributed by atoms with van der Waals surface area (Å²) in [4.78, 5) is 1.32. The molecule has 2 rings (SSSR count). The van der Waals surface area contributed by atoms with E-state index < -0.39 is 0 Å². The summed E-state index contributed by atoms with van der Waals surface area (Å²) < 4.78 is 1.17. The molecule has 1 aromatic heterocycles. The molecule has 2 aromatic rings. The average molecular weight is 331 g/mol. The van der Waals surface area contributed by atoms with Crippen LogP contribution in [0.5, 0.6) is 0 Å². The number of nitrogens with one attached hydrogen (secondary N) is 1. The van der Waals surface area contributed by atoms with Crippen molar-refractivity contribution in [1.29, 1.82) is 0 Å². The molecule has 17 heavy (non-hydrogen) atoms. The van der Waals surface area contributed by atoms with Crippen molar-refractivity contribution in [2.24, 2.45) is 0 Å². The number of rotatable bonds is 4. The van der Waals surface area contributed by atoms with Crippen molar-refractivity contribution in [3.05, 3.63) is 55.6 Å². The Morgan fingerprint density at radius 2 is 2.24 bits per heavy atom. The molecule has 0 saturated heterocycles. The van der Waals surface area contributed by atoms with Gasteiger partial charge in [-0.3, -0.25) is 0 Å². The highest BCUT2D eigenvalue weighted by Gasteiger charge is 2.07. The van der Waals surface area contributed by atoms with Gasteiger partial charge >= 0.3 is 0 Å². The SMILES string of the molecule is C[C@@H](NCc1sccc1Br)c1cccc(Cl)c1. The second-order valence-electron chi connectivity index (χ2n) is 3.85. The van der Waals surface area contributed by atoms with E-state index in [9.17, 15) is 0 Å². The van der Waals surface area contributed by atoms with E-state index in [2.05, 4.69) is 45.7 Å². The van der Waals surface area contributed by atoms with Gasteiger partial charge in [-0.1, -0.05) is 23.7 Å². The Hall–Kier alpha value is -0.350. The van der Waals surface area contributed by atoms with E-state index in [1.807, 2.05) is 18.2 Å². The van der Waals surface area contributed by atoms with Gasteiger partial charge in [0.25, 0.3) is 0 Å². The summed E-state index contributed by atoms with van der Waals surface area (Å²) >= 11 is 11.3. The van der Waals surface area contributed by atoms with Crippen molar-refractivity contribution in [2.45, 2.75) is 19.5 Å². The first kappa shape index (κ1) is 13.1. The van der Waals surface area contributed by atoms with Crippen LogP contribution in [-0.2, 0) is 6.54 Å². The van der Waals surface area contributed by atoms with Crippen LogP contribution >= 0.6 is 38.9 Å². The molecule has 0 aliphatic rings. The number of thiophene rings is 1. The summed E-state index contributed by atoms with van der Waals surface area (Å²) in [5, 5.41) is 6.37. The van der Waals surface area contributed by atoms with E-state index in [0.717, 1.165) is 11.6 Å². The molecule has 4 heteroatoms. The van der Waals surface area contributed by atoms with Gasteiger partial charge in [0.05, 0.1) is 0 Å². The van der Waals surface area contributed by atoms with Gasteiger partial charge in [0.15, 0.2) is 0 Å². The van der Waals surface area contributed by atoms with Crippen molar-refractivity contribution in [1.82, 2.24) is 5.32 Å². The Labute approximate surface area is 119 Å². The van der Waals surface area contributed by atoms with E-state index >= 15 is 0 Å². The fraction of sp³-hybridized carbons (Fsp3) is 0.231. The predicted octanol–water partition coefficient (Wildman–Crippen LogP) is 5.01. The third-order valence-electron chi connectivity index (χ3n) is 2.61. The van der Waals surface area contributed by atoms with Gasteiger partial charge in [0.2, 0.25) is 0 Å². The Morgan fingerprint density at radius 3 is 2.88 bits per heavy atom. The van der Waals surface area contributed by atoms with Crippen molar-refractivity contribution in [3.8, 4) is 0 Å². The van der Waals surface area contributed by atoms with Crippen molar-refractivity contribution in [2.75, 3.05) is 0 Å². The maximum atomic E-state index is 5.98. The van der Waals surface area contributed by atoms with Crippen molar-refractivity contribution < 1.29 is 0 Å². The molecule has 0 radical (unpaired) electrons. The first-order valence-electron chi connectivity index (χ1n) is 5.37. The fourth-order valence-electron chi connectivity index (χ4n) is 1.59. The van der Waals surface area contributed by atoms with Gasteiger partial charge < -0.3 is 5.32 Å². The fourth-order valence-corrected chi connectivity index (χ4v) is 3.23. The topological polar surface area (TPSA) is 12.0 Å². The molecule has 0 fully saturated rings. The molecule has 0 amide bonds. The highest BCUT2D eigenvalue weighted by atomic mass is 79.9. The minimum atomic E-state index is 0.294. The van der Waals surface area contributed by atoms with Gasteiger partial charge in [-0.05, 0) is 52.0 Å². The lowest BCUT2D eigenvalue weighted by atomic mass is 10.1. The zero-order valence-corrected chi connectivity index (χ0v) is 12.6. The van der Waals surface area contributed by atoms with E-state index in [-0.39, 0.29) is 0 Å². The van der Waals surface area contributed by atoms with Crippen LogP contribution in [0.25, 0.3) is 0 Å². The quantitative estimate of drug-likeness (QED) is 0.830. The zero-order valence-electron chi connectivity index (χ0n) is 9.41. The summed E-state index contributed by atoms with van der Waals surface area (Å²) in [6.45, 7) is 3.01. The van der Waals surface area contributed by atoms with Gasteiger partial charge in [0.1, 0.15) is 0 Å². The van der Waals surface area contributed by atoms with Crippen LogP contribution in [0.1, 0.15) is 23.4 Å². The largest absolute Gasteiger partial charge is 0.305 e. The van der Waals surface area contributed by atoms with Crippen LogP contribution in [-0.4, -0.2) is 0 Å². The third-order valence-corrected chi connectivity index (χ3v) is 4.77. The van der Waals surface area contributed by atoms with Crippen LogP contribution in [0, 0.1) is 0 Å². The maximum absolute atomic E-state index is 5.98. The van der Waals surface area contributed by atoms with E-state index in [1.165, 1.54) is 14.9 Å².